The Labute approximate surface area is 154 Å². The van der Waals surface area contributed by atoms with Crippen LogP contribution >= 0.6 is 11.9 Å². The van der Waals surface area contributed by atoms with Crippen LogP contribution in [0.3, 0.4) is 0 Å². The minimum absolute atomic E-state index is 0.106. The number of benzene rings is 2. The second-order valence-corrected chi connectivity index (χ2v) is 8.27. The summed E-state index contributed by atoms with van der Waals surface area (Å²) in [7, 11) is 0. The summed E-state index contributed by atoms with van der Waals surface area (Å²) in [6.07, 6.45) is 5.63. The summed E-state index contributed by atoms with van der Waals surface area (Å²) in [4.78, 5) is 13.3. The van der Waals surface area contributed by atoms with Crippen molar-refractivity contribution in [3.05, 3.63) is 77.9 Å². The molecule has 0 saturated carbocycles. The third kappa shape index (κ3) is 3.73. The fraction of sp³-hybridized carbons (Fsp3) is 0.318. The molecule has 0 radical (unpaired) electrons. The molecule has 1 unspecified atom stereocenters. The van der Waals surface area contributed by atoms with Crippen LogP contribution in [-0.2, 0) is 11.2 Å². The minimum atomic E-state index is 0.106. The van der Waals surface area contributed by atoms with Crippen LogP contribution < -0.4 is 0 Å². The molecule has 2 aromatic rings. The van der Waals surface area contributed by atoms with E-state index in [2.05, 4.69) is 65.0 Å². The topological polar surface area (TPSA) is 20.3 Å². The number of ketones is 1. The summed E-state index contributed by atoms with van der Waals surface area (Å²) >= 11 is 1.85. The number of hydrogen-bond donors (Lipinski definition) is 0. The molecule has 0 aromatic heterocycles. The fourth-order valence-electron chi connectivity index (χ4n) is 4.08. The fourth-order valence-corrected chi connectivity index (χ4v) is 5.15. The third-order valence-electron chi connectivity index (χ3n) is 5.34. The van der Waals surface area contributed by atoms with Crippen LogP contribution in [0.5, 0.6) is 0 Å². The summed E-state index contributed by atoms with van der Waals surface area (Å²) in [6.45, 7) is 2.02. The first-order valence-corrected chi connectivity index (χ1v) is 9.77. The van der Waals surface area contributed by atoms with Crippen LogP contribution in [0.15, 0.2) is 77.2 Å². The van der Waals surface area contributed by atoms with Gasteiger partial charge in [-0.2, -0.15) is 0 Å². The molecule has 4 rings (SSSR count). The predicted octanol–water partition coefficient (Wildman–Crippen LogP) is 4.92. The number of nitrogens with zero attached hydrogens (tertiary/aromatic N) is 1. The van der Waals surface area contributed by atoms with Gasteiger partial charge < -0.3 is 0 Å². The number of fused-ring (bicyclic) bond motifs is 1. The van der Waals surface area contributed by atoms with Crippen molar-refractivity contribution in [1.29, 1.82) is 0 Å². The van der Waals surface area contributed by atoms with Gasteiger partial charge in [0.05, 0.1) is 0 Å². The molecular weight excluding hydrogens is 326 g/mol. The Kier molecular flexibility index (Phi) is 4.78. The van der Waals surface area contributed by atoms with E-state index in [1.165, 1.54) is 16.0 Å². The summed E-state index contributed by atoms with van der Waals surface area (Å²) in [6, 6.07) is 21.3. The maximum atomic E-state index is 12.0. The molecule has 1 atom stereocenters. The van der Waals surface area contributed by atoms with E-state index >= 15 is 0 Å². The Hall–Kier alpha value is -1.84. The molecule has 2 aliphatic rings. The SMILES string of the molecule is O=C1C=C2CCN(Sc3ccccc3)CC2(Cc2ccccc2)CC1. The van der Waals surface area contributed by atoms with E-state index in [1.54, 1.807) is 0 Å². The van der Waals surface area contributed by atoms with E-state index < -0.39 is 0 Å². The van der Waals surface area contributed by atoms with Crippen LogP contribution in [0, 0.1) is 5.41 Å². The summed E-state index contributed by atoms with van der Waals surface area (Å²) < 4.78 is 2.49. The molecule has 1 saturated heterocycles. The molecule has 2 aromatic carbocycles. The standard InChI is InChI=1S/C22H23NOS/c24-20-11-13-22(16-18-7-3-1-4-8-18)17-23(14-12-19(22)15-20)25-21-9-5-2-6-10-21/h1-10,15H,11-14,16-17H2. The van der Waals surface area contributed by atoms with Crippen molar-refractivity contribution < 1.29 is 4.79 Å². The molecule has 1 fully saturated rings. The lowest BCUT2D eigenvalue weighted by atomic mass is 9.66. The van der Waals surface area contributed by atoms with Crippen molar-refractivity contribution in [2.24, 2.45) is 5.41 Å². The van der Waals surface area contributed by atoms with Crippen LogP contribution in [0.2, 0.25) is 0 Å². The molecule has 0 spiro atoms. The number of piperidine rings is 1. The normalized spacial score (nSPS) is 23.8. The molecule has 1 heterocycles. The van der Waals surface area contributed by atoms with E-state index in [0.717, 1.165) is 32.4 Å². The molecule has 3 heteroatoms. The highest BCUT2D eigenvalue weighted by atomic mass is 32.2. The first-order chi connectivity index (χ1) is 12.2. The zero-order valence-corrected chi connectivity index (χ0v) is 15.2. The molecule has 2 nitrogen and oxygen atoms in total. The summed E-state index contributed by atoms with van der Waals surface area (Å²) in [5.41, 5.74) is 2.85. The number of carbonyl (C=O) groups is 1. The van der Waals surface area contributed by atoms with Crippen LogP contribution in [-0.4, -0.2) is 23.2 Å². The van der Waals surface area contributed by atoms with E-state index in [1.807, 2.05) is 18.0 Å². The molecule has 0 amide bonds. The van der Waals surface area contributed by atoms with Crippen molar-refractivity contribution in [1.82, 2.24) is 4.31 Å². The van der Waals surface area contributed by atoms with Gasteiger partial charge in [-0.1, -0.05) is 54.1 Å². The largest absolute Gasteiger partial charge is 0.295 e. The van der Waals surface area contributed by atoms with Crippen LogP contribution in [0.4, 0.5) is 0 Å². The monoisotopic (exact) mass is 349 g/mol. The predicted molar refractivity (Wildman–Crippen MR) is 103 cm³/mol. The lowest BCUT2D eigenvalue weighted by molar-refractivity contribution is -0.116. The van der Waals surface area contributed by atoms with Gasteiger partial charge in [-0.3, -0.25) is 4.79 Å². The van der Waals surface area contributed by atoms with E-state index in [-0.39, 0.29) is 5.41 Å². The Morgan fingerprint density at radius 1 is 0.960 bits per heavy atom. The Balaban J connectivity index is 1.59. The highest BCUT2D eigenvalue weighted by Crippen LogP contribution is 2.46. The molecule has 0 N–H and O–H groups in total. The van der Waals surface area contributed by atoms with Crippen molar-refractivity contribution in [2.75, 3.05) is 13.1 Å². The third-order valence-corrected chi connectivity index (χ3v) is 6.39. The highest BCUT2D eigenvalue weighted by Gasteiger charge is 2.42. The molecule has 1 aliphatic heterocycles. The van der Waals surface area contributed by atoms with Crippen molar-refractivity contribution in [3.8, 4) is 0 Å². The average molecular weight is 349 g/mol. The van der Waals surface area contributed by atoms with Gasteiger partial charge in [0, 0.05) is 29.8 Å². The zero-order chi connectivity index (χ0) is 17.1. The Morgan fingerprint density at radius 3 is 2.44 bits per heavy atom. The first-order valence-electron chi connectivity index (χ1n) is 8.99. The zero-order valence-electron chi connectivity index (χ0n) is 14.4. The van der Waals surface area contributed by atoms with Gasteiger partial charge in [0.25, 0.3) is 0 Å². The summed E-state index contributed by atoms with van der Waals surface area (Å²) in [5.74, 6) is 0.308. The smallest absolute Gasteiger partial charge is 0.155 e. The van der Waals surface area contributed by atoms with E-state index in [9.17, 15) is 4.79 Å². The minimum Gasteiger partial charge on any atom is -0.295 e. The second-order valence-electron chi connectivity index (χ2n) is 7.10. The quantitative estimate of drug-likeness (QED) is 0.731. The second kappa shape index (κ2) is 7.19. The van der Waals surface area contributed by atoms with Gasteiger partial charge in [0.15, 0.2) is 5.78 Å². The number of hydrogen-bond acceptors (Lipinski definition) is 3. The summed E-state index contributed by atoms with van der Waals surface area (Å²) in [5, 5.41) is 0. The molecular formula is C22H23NOS. The molecule has 25 heavy (non-hydrogen) atoms. The van der Waals surface area contributed by atoms with E-state index in [0.29, 0.717) is 12.2 Å². The van der Waals surface area contributed by atoms with Crippen LogP contribution in [0.1, 0.15) is 24.8 Å². The first kappa shape index (κ1) is 16.6. The Morgan fingerprint density at radius 2 is 1.68 bits per heavy atom. The average Bonchev–Trinajstić information content (AvgIpc) is 2.64. The number of carbonyl (C=O) groups excluding carboxylic acids is 1. The van der Waals surface area contributed by atoms with Gasteiger partial charge >= 0.3 is 0 Å². The number of allylic oxidation sites excluding steroid dienone is 1. The molecule has 1 aliphatic carbocycles. The number of rotatable bonds is 4. The maximum Gasteiger partial charge on any atom is 0.155 e. The van der Waals surface area contributed by atoms with Gasteiger partial charge in [-0.05, 0) is 55.0 Å². The van der Waals surface area contributed by atoms with Crippen LogP contribution in [0.25, 0.3) is 0 Å². The van der Waals surface area contributed by atoms with Crippen molar-refractivity contribution in [3.63, 3.8) is 0 Å². The maximum absolute atomic E-state index is 12.0. The van der Waals surface area contributed by atoms with Gasteiger partial charge in [-0.25, -0.2) is 4.31 Å². The van der Waals surface area contributed by atoms with Gasteiger partial charge in [0.1, 0.15) is 0 Å². The van der Waals surface area contributed by atoms with E-state index in [4.69, 9.17) is 0 Å². The lowest BCUT2D eigenvalue weighted by Crippen LogP contribution is -2.45. The Bertz CT molecular complexity index is 771. The lowest BCUT2D eigenvalue weighted by Gasteiger charge is -2.46. The highest BCUT2D eigenvalue weighted by molar-refractivity contribution is 7.97. The molecule has 0 bridgehead atoms. The van der Waals surface area contributed by atoms with Crippen molar-refractivity contribution >= 4 is 17.7 Å². The van der Waals surface area contributed by atoms with Gasteiger partial charge in [-0.15, -0.1) is 0 Å². The molecule has 128 valence electrons. The van der Waals surface area contributed by atoms with Gasteiger partial charge in [0.2, 0.25) is 0 Å². The van der Waals surface area contributed by atoms with Crippen molar-refractivity contribution in [2.45, 2.75) is 30.6 Å².